The molecule has 1 N–H and O–H groups in total. The molecule has 1 saturated carbocycles. The number of rotatable bonds is 4. The van der Waals surface area contributed by atoms with Crippen molar-refractivity contribution in [2.45, 2.75) is 45.6 Å². The number of hydrogen-bond acceptors (Lipinski definition) is 2. The Kier molecular flexibility index (Phi) is 4.77. The minimum atomic E-state index is -0.0693. The fourth-order valence-electron chi connectivity index (χ4n) is 2.79. The Balaban J connectivity index is 2.05. The van der Waals surface area contributed by atoms with Crippen molar-refractivity contribution in [3.63, 3.8) is 0 Å². The molecule has 0 aromatic heterocycles. The number of carbonyl (C=O) groups excluding carboxylic acids is 2. The van der Waals surface area contributed by atoms with Crippen molar-refractivity contribution in [1.82, 2.24) is 4.90 Å². The molecule has 1 aromatic rings. The lowest BCUT2D eigenvalue weighted by molar-refractivity contribution is 0.101. The van der Waals surface area contributed by atoms with E-state index in [2.05, 4.69) is 5.32 Å². The molecule has 1 aromatic carbocycles. The number of carbonyl (C=O) groups is 2. The Bertz CT molecular complexity index is 493. The fourth-order valence-corrected chi connectivity index (χ4v) is 2.79. The highest BCUT2D eigenvalue weighted by Gasteiger charge is 2.25. The topological polar surface area (TPSA) is 49.4 Å². The molecule has 4 nitrogen and oxygen atoms in total. The maximum atomic E-state index is 12.3. The number of ketones is 1. The van der Waals surface area contributed by atoms with Crippen molar-refractivity contribution in [1.29, 1.82) is 0 Å². The van der Waals surface area contributed by atoms with Crippen LogP contribution in [0.25, 0.3) is 0 Å². The number of nitrogens with zero attached hydrogens (tertiary/aromatic N) is 1. The van der Waals surface area contributed by atoms with Gasteiger partial charge in [0.2, 0.25) is 0 Å². The molecular formula is C16H22N2O2. The summed E-state index contributed by atoms with van der Waals surface area (Å²) < 4.78 is 0. The maximum Gasteiger partial charge on any atom is 0.322 e. The molecule has 0 atom stereocenters. The normalized spacial score (nSPS) is 15.1. The minimum Gasteiger partial charge on any atom is -0.322 e. The van der Waals surface area contributed by atoms with Gasteiger partial charge in [-0.3, -0.25) is 4.79 Å². The van der Waals surface area contributed by atoms with E-state index in [9.17, 15) is 9.59 Å². The summed E-state index contributed by atoms with van der Waals surface area (Å²) >= 11 is 0. The molecule has 1 aliphatic rings. The molecule has 108 valence electrons. The minimum absolute atomic E-state index is 0.00393. The van der Waals surface area contributed by atoms with Gasteiger partial charge in [0.15, 0.2) is 5.78 Å². The van der Waals surface area contributed by atoms with Crippen molar-refractivity contribution in [3.05, 3.63) is 29.8 Å². The second-order valence-corrected chi connectivity index (χ2v) is 5.29. The predicted octanol–water partition coefficient (Wildman–Crippen LogP) is 3.69. The lowest BCUT2D eigenvalue weighted by Gasteiger charge is -2.27. The Morgan fingerprint density at radius 1 is 1.30 bits per heavy atom. The largest absolute Gasteiger partial charge is 0.322 e. The zero-order valence-corrected chi connectivity index (χ0v) is 12.2. The first kappa shape index (κ1) is 14.6. The van der Waals surface area contributed by atoms with E-state index in [1.165, 1.54) is 19.8 Å². The summed E-state index contributed by atoms with van der Waals surface area (Å²) in [5.41, 5.74) is 1.30. The predicted molar refractivity (Wildman–Crippen MR) is 80.1 cm³/mol. The fraction of sp³-hybridized carbons (Fsp3) is 0.500. The molecule has 1 aliphatic carbocycles. The van der Waals surface area contributed by atoms with Crippen molar-refractivity contribution in [2.24, 2.45) is 0 Å². The highest BCUT2D eigenvalue weighted by Crippen LogP contribution is 2.24. The van der Waals surface area contributed by atoms with E-state index in [1.54, 1.807) is 18.2 Å². The van der Waals surface area contributed by atoms with Gasteiger partial charge in [-0.2, -0.15) is 0 Å². The summed E-state index contributed by atoms with van der Waals surface area (Å²) in [6, 6.07) is 7.37. The third kappa shape index (κ3) is 3.38. The summed E-state index contributed by atoms with van der Waals surface area (Å²) in [4.78, 5) is 25.6. The average Bonchev–Trinajstić information content (AvgIpc) is 2.93. The molecule has 2 amide bonds. The molecule has 20 heavy (non-hydrogen) atoms. The molecule has 0 heterocycles. The Morgan fingerprint density at radius 3 is 2.60 bits per heavy atom. The lowest BCUT2D eigenvalue weighted by Crippen LogP contribution is -2.41. The van der Waals surface area contributed by atoms with Crippen LogP contribution in [-0.2, 0) is 0 Å². The van der Waals surface area contributed by atoms with Crippen LogP contribution >= 0.6 is 0 Å². The average molecular weight is 274 g/mol. The molecule has 0 aliphatic heterocycles. The summed E-state index contributed by atoms with van der Waals surface area (Å²) in [5, 5.41) is 2.90. The van der Waals surface area contributed by atoms with Crippen molar-refractivity contribution < 1.29 is 9.59 Å². The van der Waals surface area contributed by atoms with Crippen LogP contribution in [0.15, 0.2) is 24.3 Å². The lowest BCUT2D eigenvalue weighted by atomic mass is 10.1. The van der Waals surface area contributed by atoms with Crippen LogP contribution in [0.2, 0.25) is 0 Å². The summed E-state index contributed by atoms with van der Waals surface area (Å²) in [5.74, 6) is 0.00393. The van der Waals surface area contributed by atoms with Crippen LogP contribution in [0, 0.1) is 0 Å². The van der Waals surface area contributed by atoms with Gasteiger partial charge in [-0.1, -0.05) is 25.0 Å². The van der Waals surface area contributed by atoms with Gasteiger partial charge in [0.25, 0.3) is 0 Å². The highest BCUT2D eigenvalue weighted by molar-refractivity contribution is 5.96. The first-order chi connectivity index (χ1) is 9.61. The summed E-state index contributed by atoms with van der Waals surface area (Å²) in [7, 11) is 0. The monoisotopic (exact) mass is 274 g/mol. The number of amides is 2. The molecule has 2 rings (SSSR count). The SMILES string of the molecule is CCN(C(=O)Nc1cccc(C(C)=O)c1)C1CCCC1. The molecule has 0 unspecified atom stereocenters. The highest BCUT2D eigenvalue weighted by atomic mass is 16.2. The van der Waals surface area contributed by atoms with Crippen LogP contribution in [0.3, 0.4) is 0 Å². The first-order valence-electron chi connectivity index (χ1n) is 7.30. The van der Waals surface area contributed by atoms with Crippen molar-refractivity contribution >= 4 is 17.5 Å². The zero-order chi connectivity index (χ0) is 14.5. The van der Waals surface area contributed by atoms with Gasteiger partial charge in [0, 0.05) is 23.8 Å². The second kappa shape index (κ2) is 6.55. The van der Waals surface area contributed by atoms with Crippen LogP contribution in [0.1, 0.15) is 49.9 Å². The number of anilines is 1. The van der Waals surface area contributed by atoms with Gasteiger partial charge in [-0.05, 0) is 38.8 Å². The number of urea groups is 1. The summed E-state index contributed by atoms with van der Waals surface area (Å²) in [6.45, 7) is 4.24. The van der Waals surface area contributed by atoms with E-state index in [0.717, 1.165) is 12.8 Å². The third-order valence-electron chi connectivity index (χ3n) is 3.89. The van der Waals surface area contributed by atoms with E-state index in [1.807, 2.05) is 17.9 Å². The zero-order valence-electron chi connectivity index (χ0n) is 12.2. The van der Waals surface area contributed by atoms with Crippen LogP contribution in [-0.4, -0.2) is 29.3 Å². The van der Waals surface area contributed by atoms with Gasteiger partial charge in [-0.15, -0.1) is 0 Å². The molecule has 0 bridgehead atoms. The van der Waals surface area contributed by atoms with E-state index < -0.39 is 0 Å². The Labute approximate surface area is 120 Å². The van der Waals surface area contributed by atoms with E-state index in [-0.39, 0.29) is 11.8 Å². The standard InChI is InChI=1S/C16H22N2O2/c1-3-18(15-9-4-5-10-15)16(20)17-14-8-6-7-13(11-14)12(2)19/h6-8,11,15H,3-5,9-10H2,1-2H3,(H,17,20). The Hall–Kier alpha value is -1.84. The third-order valence-corrected chi connectivity index (χ3v) is 3.89. The van der Waals surface area contributed by atoms with Gasteiger partial charge in [0.05, 0.1) is 0 Å². The van der Waals surface area contributed by atoms with Gasteiger partial charge < -0.3 is 10.2 Å². The smallest absolute Gasteiger partial charge is 0.322 e. The van der Waals surface area contributed by atoms with E-state index >= 15 is 0 Å². The van der Waals surface area contributed by atoms with Crippen LogP contribution in [0.4, 0.5) is 10.5 Å². The van der Waals surface area contributed by atoms with Crippen LogP contribution < -0.4 is 5.32 Å². The van der Waals surface area contributed by atoms with Gasteiger partial charge in [-0.25, -0.2) is 4.79 Å². The van der Waals surface area contributed by atoms with E-state index in [0.29, 0.717) is 23.8 Å². The maximum absolute atomic E-state index is 12.3. The number of Topliss-reactive ketones (excluding diaryl/α,β-unsaturated/α-hetero) is 1. The number of hydrogen-bond donors (Lipinski definition) is 1. The molecule has 0 radical (unpaired) electrons. The molecule has 0 saturated heterocycles. The van der Waals surface area contributed by atoms with Gasteiger partial charge in [0.1, 0.15) is 0 Å². The molecular weight excluding hydrogens is 252 g/mol. The van der Waals surface area contributed by atoms with Crippen LogP contribution in [0.5, 0.6) is 0 Å². The Morgan fingerprint density at radius 2 is 2.00 bits per heavy atom. The van der Waals surface area contributed by atoms with Gasteiger partial charge >= 0.3 is 6.03 Å². The van der Waals surface area contributed by atoms with E-state index in [4.69, 9.17) is 0 Å². The molecule has 1 fully saturated rings. The second-order valence-electron chi connectivity index (χ2n) is 5.29. The van der Waals surface area contributed by atoms with Crippen molar-refractivity contribution in [2.75, 3.05) is 11.9 Å². The quantitative estimate of drug-likeness (QED) is 0.851. The number of nitrogens with one attached hydrogen (secondary N) is 1. The number of benzene rings is 1. The molecule has 4 heteroatoms. The van der Waals surface area contributed by atoms with Crippen molar-refractivity contribution in [3.8, 4) is 0 Å². The first-order valence-corrected chi connectivity index (χ1v) is 7.30. The summed E-state index contributed by atoms with van der Waals surface area (Å²) in [6.07, 6.45) is 4.59. The molecule has 0 spiro atoms.